The zero-order valence-electron chi connectivity index (χ0n) is 11.4. The molecule has 0 amide bonds. The van der Waals surface area contributed by atoms with Crippen LogP contribution in [-0.2, 0) is 0 Å². The Morgan fingerprint density at radius 3 is 2.80 bits per heavy atom. The van der Waals surface area contributed by atoms with Crippen molar-refractivity contribution in [1.29, 1.82) is 0 Å². The van der Waals surface area contributed by atoms with Crippen LogP contribution in [0.5, 0.6) is 0 Å². The number of pyridine rings is 1. The summed E-state index contributed by atoms with van der Waals surface area (Å²) in [4.78, 5) is 4.46. The first-order valence-corrected chi connectivity index (χ1v) is 6.85. The van der Waals surface area contributed by atoms with Gasteiger partial charge in [-0.1, -0.05) is 29.8 Å². The summed E-state index contributed by atoms with van der Waals surface area (Å²) >= 11 is 6.17. The minimum Gasteiger partial charge on any atom is -0.457 e. The fourth-order valence-electron chi connectivity index (χ4n) is 2.40. The molecule has 1 atom stereocenters. The van der Waals surface area contributed by atoms with Gasteiger partial charge in [-0.3, -0.25) is 4.98 Å². The van der Waals surface area contributed by atoms with E-state index in [2.05, 4.69) is 10.3 Å². The molecule has 0 aliphatic rings. The van der Waals surface area contributed by atoms with Crippen LogP contribution >= 0.6 is 11.6 Å². The maximum atomic E-state index is 6.17. The standard InChI is InChI=1S/C16H15ClN2O/c1-10-5-4-8-19-14(10)15(18-2)13-9-11-6-3-7-12(17)16(11)20-13/h3-9,15,18H,1-2H3. The summed E-state index contributed by atoms with van der Waals surface area (Å²) in [6.45, 7) is 2.04. The number of aromatic nitrogens is 1. The number of nitrogens with one attached hydrogen (secondary N) is 1. The first-order chi connectivity index (χ1) is 9.70. The number of hydrogen-bond acceptors (Lipinski definition) is 3. The molecule has 3 aromatic rings. The van der Waals surface area contributed by atoms with Crippen LogP contribution in [0, 0.1) is 6.92 Å². The van der Waals surface area contributed by atoms with E-state index in [4.69, 9.17) is 16.0 Å². The van der Waals surface area contributed by atoms with Gasteiger partial charge in [0.2, 0.25) is 0 Å². The Balaban J connectivity index is 2.12. The highest BCUT2D eigenvalue weighted by molar-refractivity contribution is 6.34. The summed E-state index contributed by atoms with van der Waals surface area (Å²) < 4.78 is 5.93. The van der Waals surface area contributed by atoms with E-state index in [9.17, 15) is 0 Å². The van der Waals surface area contributed by atoms with Crippen LogP contribution in [0.4, 0.5) is 0 Å². The van der Waals surface area contributed by atoms with Gasteiger partial charge in [0.05, 0.1) is 10.7 Å². The number of aryl methyl sites for hydroxylation is 1. The van der Waals surface area contributed by atoms with Crippen molar-refractivity contribution >= 4 is 22.6 Å². The van der Waals surface area contributed by atoms with Gasteiger partial charge in [0.25, 0.3) is 0 Å². The molecule has 102 valence electrons. The van der Waals surface area contributed by atoms with E-state index in [1.165, 1.54) is 0 Å². The molecule has 4 heteroatoms. The van der Waals surface area contributed by atoms with Crippen LogP contribution in [-0.4, -0.2) is 12.0 Å². The van der Waals surface area contributed by atoms with Gasteiger partial charge < -0.3 is 9.73 Å². The second-order valence-corrected chi connectivity index (χ2v) is 5.14. The molecule has 2 aromatic heterocycles. The smallest absolute Gasteiger partial charge is 0.152 e. The van der Waals surface area contributed by atoms with E-state index in [1.807, 2.05) is 50.4 Å². The fourth-order valence-corrected chi connectivity index (χ4v) is 2.62. The lowest BCUT2D eigenvalue weighted by Gasteiger charge is -2.14. The van der Waals surface area contributed by atoms with E-state index in [0.29, 0.717) is 5.02 Å². The van der Waals surface area contributed by atoms with Crippen molar-refractivity contribution in [3.05, 3.63) is 64.6 Å². The molecule has 0 saturated carbocycles. The molecule has 3 rings (SSSR count). The highest BCUT2D eigenvalue weighted by atomic mass is 35.5. The molecule has 0 aliphatic heterocycles. The van der Waals surface area contributed by atoms with E-state index >= 15 is 0 Å². The van der Waals surface area contributed by atoms with E-state index < -0.39 is 0 Å². The average molecular weight is 287 g/mol. The predicted octanol–water partition coefficient (Wildman–Crippen LogP) is 4.10. The van der Waals surface area contributed by atoms with Crippen LogP contribution in [0.25, 0.3) is 11.0 Å². The normalized spacial score (nSPS) is 12.8. The molecule has 1 unspecified atom stereocenters. The molecule has 20 heavy (non-hydrogen) atoms. The van der Waals surface area contributed by atoms with Crippen LogP contribution in [0.3, 0.4) is 0 Å². The van der Waals surface area contributed by atoms with E-state index in [0.717, 1.165) is 28.0 Å². The van der Waals surface area contributed by atoms with E-state index in [1.54, 1.807) is 6.20 Å². The Labute approximate surface area is 122 Å². The van der Waals surface area contributed by atoms with E-state index in [-0.39, 0.29) is 6.04 Å². The Hall–Kier alpha value is -1.84. The molecule has 0 spiro atoms. The molecule has 2 heterocycles. The van der Waals surface area contributed by atoms with Gasteiger partial charge in [-0.15, -0.1) is 0 Å². The van der Waals surface area contributed by atoms with Gasteiger partial charge in [0, 0.05) is 11.6 Å². The number of para-hydroxylation sites is 1. The van der Waals surface area contributed by atoms with Gasteiger partial charge in [-0.25, -0.2) is 0 Å². The average Bonchev–Trinajstić information content (AvgIpc) is 2.87. The largest absolute Gasteiger partial charge is 0.457 e. The third-order valence-electron chi connectivity index (χ3n) is 3.41. The van der Waals surface area contributed by atoms with Gasteiger partial charge in [-0.05, 0) is 37.7 Å². The molecular weight excluding hydrogens is 272 g/mol. The van der Waals surface area contributed by atoms with Gasteiger partial charge in [0.1, 0.15) is 11.8 Å². The second kappa shape index (κ2) is 5.27. The second-order valence-electron chi connectivity index (χ2n) is 4.73. The summed E-state index contributed by atoms with van der Waals surface area (Å²) in [6, 6.07) is 11.6. The molecular formula is C16H15ClN2O. The number of hydrogen-bond donors (Lipinski definition) is 1. The molecule has 0 aliphatic carbocycles. The quantitative estimate of drug-likeness (QED) is 0.788. The van der Waals surface area contributed by atoms with Crippen LogP contribution in [0.1, 0.15) is 23.1 Å². The Morgan fingerprint density at radius 2 is 2.10 bits per heavy atom. The minimum atomic E-state index is -0.0836. The molecule has 3 nitrogen and oxygen atoms in total. The predicted molar refractivity (Wildman–Crippen MR) is 81.1 cm³/mol. The summed E-state index contributed by atoms with van der Waals surface area (Å²) in [5, 5.41) is 4.88. The topological polar surface area (TPSA) is 38.1 Å². The lowest BCUT2D eigenvalue weighted by Crippen LogP contribution is -2.19. The summed E-state index contributed by atoms with van der Waals surface area (Å²) in [5.74, 6) is 0.817. The van der Waals surface area contributed by atoms with Crippen LogP contribution in [0.15, 0.2) is 47.0 Å². The third-order valence-corrected chi connectivity index (χ3v) is 3.71. The SMILES string of the molecule is CNC(c1cc2cccc(Cl)c2o1)c1ncccc1C. The van der Waals surface area contributed by atoms with Gasteiger partial charge in [0.15, 0.2) is 5.58 Å². The van der Waals surface area contributed by atoms with Crippen molar-refractivity contribution in [2.24, 2.45) is 0 Å². The first-order valence-electron chi connectivity index (χ1n) is 6.47. The summed E-state index contributed by atoms with van der Waals surface area (Å²) in [7, 11) is 1.90. The number of furan rings is 1. The monoisotopic (exact) mass is 286 g/mol. The molecule has 1 N–H and O–H groups in total. The van der Waals surface area contributed by atoms with Crippen molar-refractivity contribution in [3.8, 4) is 0 Å². The highest BCUT2D eigenvalue weighted by Gasteiger charge is 2.20. The molecule has 1 aromatic carbocycles. The number of benzene rings is 1. The molecule has 0 bridgehead atoms. The van der Waals surface area contributed by atoms with Crippen molar-refractivity contribution in [2.75, 3.05) is 7.05 Å². The van der Waals surface area contributed by atoms with Gasteiger partial charge >= 0.3 is 0 Å². The number of rotatable bonds is 3. The number of nitrogens with zero attached hydrogens (tertiary/aromatic N) is 1. The Kier molecular flexibility index (Phi) is 3.47. The van der Waals surface area contributed by atoms with Crippen molar-refractivity contribution in [1.82, 2.24) is 10.3 Å². The first kappa shape index (κ1) is 13.2. The maximum Gasteiger partial charge on any atom is 0.152 e. The van der Waals surface area contributed by atoms with Crippen LogP contribution < -0.4 is 5.32 Å². The van der Waals surface area contributed by atoms with Crippen LogP contribution in [0.2, 0.25) is 5.02 Å². The highest BCUT2D eigenvalue weighted by Crippen LogP contribution is 2.31. The maximum absolute atomic E-state index is 6.17. The zero-order chi connectivity index (χ0) is 14.1. The zero-order valence-corrected chi connectivity index (χ0v) is 12.1. The number of fused-ring (bicyclic) bond motifs is 1. The third kappa shape index (κ3) is 2.19. The minimum absolute atomic E-state index is 0.0836. The number of halogens is 1. The Morgan fingerprint density at radius 1 is 1.25 bits per heavy atom. The fraction of sp³-hybridized carbons (Fsp3) is 0.188. The molecule has 0 fully saturated rings. The van der Waals surface area contributed by atoms with Crippen molar-refractivity contribution in [3.63, 3.8) is 0 Å². The summed E-state index contributed by atoms with van der Waals surface area (Å²) in [6.07, 6.45) is 1.79. The van der Waals surface area contributed by atoms with Gasteiger partial charge in [-0.2, -0.15) is 0 Å². The molecule has 0 saturated heterocycles. The van der Waals surface area contributed by atoms with Crippen molar-refractivity contribution < 1.29 is 4.42 Å². The van der Waals surface area contributed by atoms with Crippen molar-refractivity contribution in [2.45, 2.75) is 13.0 Å². The lowest BCUT2D eigenvalue weighted by atomic mass is 10.1. The Bertz CT molecular complexity index is 751. The summed E-state index contributed by atoms with van der Waals surface area (Å²) in [5.41, 5.74) is 2.81. The molecule has 0 radical (unpaired) electrons. The lowest BCUT2D eigenvalue weighted by molar-refractivity contribution is 0.484.